The highest BCUT2D eigenvalue weighted by molar-refractivity contribution is 5.33. The molecule has 1 aromatic carbocycles. The summed E-state index contributed by atoms with van der Waals surface area (Å²) in [5, 5.41) is 0. The number of piperidine rings is 1. The van der Waals surface area contributed by atoms with E-state index in [1.54, 1.807) is 11.1 Å². The van der Waals surface area contributed by atoms with Crippen LogP contribution in [-0.2, 0) is 13.0 Å². The Labute approximate surface area is 111 Å². The molecule has 2 aliphatic rings. The van der Waals surface area contributed by atoms with Crippen LogP contribution in [0.1, 0.15) is 29.5 Å². The van der Waals surface area contributed by atoms with Crippen LogP contribution in [0.2, 0.25) is 0 Å². The monoisotopic (exact) mass is 244 g/mol. The molecule has 0 N–H and O–H groups in total. The molecule has 0 bridgehead atoms. The first-order valence-electron chi connectivity index (χ1n) is 7.23. The first-order valence-corrected chi connectivity index (χ1v) is 7.23. The van der Waals surface area contributed by atoms with Crippen LogP contribution in [0.15, 0.2) is 18.2 Å². The molecular formula is C16H24N2. The molecule has 0 unspecified atom stereocenters. The molecule has 0 spiro atoms. The minimum atomic E-state index is 0.815. The number of aryl methyl sites for hydroxylation is 1. The molecular weight excluding hydrogens is 220 g/mol. The third-order valence-electron chi connectivity index (χ3n) is 4.61. The van der Waals surface area contributed by atoms with Crippen molar-refractivity contribution in [3.8, 4) is 0 Å². The minimum absolute atomic E-state index is 0.815. The second-order valence-corrected chi connectivity index (χ2v) is 6.03. The Morgan fingerprint density at radius 2 is 1.83 bits per heavy atom. The van der Waals surface area contributed by atoms with Crippen LogP contribution in [-0.4, -0.2) is 42.5 Å². The minimum Gasteiger partial charge on any atom is -0.306 e. The largest absolute Gasteiger partial charge is 0.306 e. The Morgan fingerprint density at radius 1 is 1.06 bits per heavy atom. The van der Waals surface area contributed by atoms with Crippen LogP contribution < -0.4 is 0 Å². The van der Waals surface area contributed by atoms with Crippen molar-refractivity contribution in [3.05, 3.63) is 34.9 Å². The average Bonchev–Trinajstić information content (AvgIpc) is 2.38. The summed E-state index contributed by atoms with van der Waals surface area (Å²) in [7, 11) is 2.24. The van der Waals surface area contributed by atoms with Crippen molar-refractivity contribution in [1.82, 2.24) is 9.80 Å². The maximum absolute atomic E-state index is 2.72. The van der Waals surface area contributed by atoms with Gasteiger partial charge in [0.2, 0.25) is 0 Å². The van der Waals surface area contributed by atoms with Crippen LogP contribution >= 0.6 is 0 Å². The molecule has 2 heteroatoms. The van der Waals surface area contributed by atoms with E-state index in [9.17, 15) is 0 Å². The first-order chi connectivity index (χ1) is 8.72. The summed E-state index contributed by atoms with van der Waals surface area (Å²) >= 11 is 0. The van der Waals surface area contributed by atoms with Crippen molar-refractivity contribution in [2.75, 3.05) is 26.7 Å². The van der Waals surface area contributed by atoms with Crippen LogP contribution in [0.3, 0.4) is 0 Å². The Morgan fingerprint density at radius 3 is 2.61 bits per heavy atom. The highest BCUT2D eigenvalue weighted by Gasteiger charge is 2.26. The van der Waals surface area contributed by atoms with Gasteiger partial charge in [-0.15, -0.1) is 0 Å². The topological polar surface area (TPSA) is 6.48 Å². The molecule has 98 valence electrons. The van der Waals surface area contributed by atoms with Crippen molar-refractivity contribution >= 4 is 0 Å². The van der Waals surface area contributed by atoms with Gasteiger partial charge in [0.15, 0.2) is 0 Å². The van der Waals surface area contributed by atoms with Gasteiger partial charge in [-0.1, -0.05) is 23.8 Å². The number of rotatable bonds is 1. The number of nitrogens with zero attached hydrogens (tertiary/aromatic N) is 2. The van der Waals surface area contributed by atoms with Gasteiger partial charge in [-0.2, -0.15) is 0 Å². The molecule has 0 aliphatic carbocycles. The summed E-state index contributed by atoms with van der Waals surface area (Å²) < 4.78 is 0. The predicted octanol–water partition coefficient (Wildman–Crippen LogP) is 2.45. The maximum Gasteiger partial charge on any atom is 0.0239 e. The maximum atomic E-state index is 2.72. The van der Waals surface area contributed by atoms with Gasteiger partial charge in [0.25, 0.3) is 0 Å². The van der Waals surface area contributed by atoms with E-state index in [1.807, 2.05) is 0 Å². The Kier molecular flexibility index (Phi) is 3.40. The number of hydrogen-bond acceptors (Lipinski definition) is 2. The SMILES string of the molecule is Cc1ccc2c(c1)CN(C1CCN(C)CC1)CC2. The lowest BCUT2D eigenvalue weighted by atomic mass is 9.94. The third kappa shape index (κ3) is 2.45. The molecule has 3 rings (SSSR count). The first kappa shape index (κ1) is 12.2. The molecule has 1 saturated heterocycles. The van der Waals surface area contributed by atoms with Crippen molar-refractivity contribution in [3.63, 3.8) is 0 Å². The molecule has 1 aromatic rings. The lowest BCUT2D eigenvalue weighted by Crippen LogP contribution is -2.45. The van der Waals surface area contributed by atoms with E-state index < -0.39 is 0 Å². The van der Waals surface area contributed by atoms with Crippen molar-refractivity contribution in [1.29, 1.82) is 0 Å². The van der Waals surface area contributed by atoms with Gasteiger partial charge in [-0.3, -0.25) is 4.90 Å². The number of hydrogen-bond donors (Lipinski definition) is 0. The highest BCUT2D eigenvalue weighted by atomic mass is 15.2. The fourth-order valence-corrected chi connectivity index (χ4v) is 3.38. The van der Waals surface area contributed by atoms with E-state index in [1.165, 1.54) is 51.0 Å². The fourth-order valence-electron chi connectivity index (χ4n) is 3.38. The van der Waals surface area contributed by atoms with E-state index in [0.29, 0.717) is 0 Å². The Hall–Kier alpha value is -0.860. The van der Waals surface area contributed by atoms with Crippen LogP contribution in [0.4, 0.5) is 0 Å². The molecule has 0 saturated carbocycles. The van der Waals surface area contributed by atoms with Crippen molar-refractivity contribution in [2.24, 2.45) is 0 Å². The molecule has 0 radical (unpaired) electrons. The zero-order chi connectivity index (χ0) is 12.5. The third-order valence-corrected chi connectivity index (χ3v) is 4.61. The summed E-state index contributed by atoms with van der Waals surface area (Å²) in [5.41, 5.74) is 4.55. The quantitative estimate of drug-likeness (QED) is 0.749. The number of likely N-dealkylation sites (tertiary alicyclic amines) is 1. The van der Waals surface area contributed by atoms with E-state index in [-0.39, 0.29) is 0 Å². The van der Waals surface area contributed by atoms with Gasteiger partial charge in [0.1, 0.15) is 0 Å². The van der Waals surface area contributed by atoms with E-state index in [4.69, 9.17) is 0 Å². The lowest BCUT2D eigenvalue weighted by molar-refractivity contribution is 0.109. The van der Waals surface area contributed by atoms with E-state index in [2.05, 4.69) is 42.0 Å². The summed E-state index contributed by atoms with van der Waals surface area (Å²) in [6, 6.07) is 7.78. The molecule has 18 heavy (non-hydrogen) atoms. The zero-order valence-corrected chi connectivity index (χ0v) is 11.7. The second-order valence-electron chi connectivity index (χ2n) is 6.03. The number of benzene rings is 1. The number of fused-ring (bicyclic) bond motifs is 1. The van der Waals surface area contributed by atoms with Gasteiger partial charge in [-0.05, 0) is 57.5 Å². The molecule has 2 aliphatic heterocycles. The van der Waals surface area contributed by atoms with Gasteiger partial charge in [0, 0.05) is 19.1 Å². The van der Waals surface area contributed by atoms with E-state index >= 15 is 0 Å². The van der Waals surface area contributed by atoms with Crippen LogP contribution in [0, 0.1) is 6.92 Å². The van der Waals surface area contributed by atoms with Gasteiger partial charge in [0.05, 0.1) is 0 Å². The van der Waals surface area contributed by atoms with Gasteiger partial charge >= 0.3 is 0 Å². The smallest absolute Gasteiger partial charge is 0.0239 e. The molecule has 1 fully saturated rings. The summed E-state index contributed by atoms with van der Waals surface area (Å²) in [6.07, 6.45) is 3.93. The zero-order valence-electron chi connectivity index (χ0n) is 11.7. The summed E-state index contributed by atoms with van der Waals surface area (Å²) in [6.45, 7) is 7.16. The normalized spacial score (nSPS) is 23.0. The molecule has 2 heterocycles. The Balaban J connectivity index is 1.70. The Bertz CT molecular complexity index is 419. The summed E-state index contributed by atoms with van der Waals surface area (Å²) in [5.74, 6) is 0. The van der Waals surface area contributed by atoms with E-state index in [0.717, 1.165) is 6.04 Å². The standard InChI is InChI=1S/C16H24N2/c1-13-3-4-14-5-10-18(12-15(14)11-13)16-6-8-17(2)9-7-16/h3-4,11,16H,5-10,12H2,1-2H3. The average molecular weight is 244 g/mol. The predicted molar refractivity (Wildman–Crippen MR) is 75.8 cm³/mol. The molecule has 0 atom stereocenters. The summed E-state index contributed by atoms with van der Waals surface area (Å²) in [4.78, 5) is 5.17. The van der Waals surface area contributed by atoms with Crippen molar-refractivity contribution < 1.29 is 0 Å². The fraction of sp³-hybridized carbons (Fsp3) is 0.625. The van der Waals surface area contributed by atoms with Crippen LogP contribution in [0.5, 0.6) is 0 Å². The van der Waals surface area contributed by atoms with Crippen LogP contribution in [0.25, 0.3) is 0 Å². The van der Waals surface area contributed by atoms with Gasteiger partial charge in [-0.25, -0.2) is 0 Å². The molecule has 0 amide bonds. The van der Waals surface area contributed by atoms with Crippen molar-refractivity contribution in [2.45, 2.75) is 38.8 Å². The van der Waals surface area contributed by atoms with Gasteiger partial charge < -0.3 is 4.90 Å². The molecule has 0 aromatic heterocycles. The highest BCUT2D eigenvalue weighted by Crippen LogP contribution is 2.25. The molecule has 2 nitrogen and oxygen atoms in total. The second kappa shape index (κ2) is 5.02. The lowest BCUT2D eigenvalue weighted by Gasteiger charge is -2.39.